The van der Waals surface area contributed by atoms with E-state index in [1.807, 2.05) is 38.1 Å². The van der Waals surface area contributed by atoms with Crippen LogP contribution in [-0.2, 0) is 16.3 Å². The van der Waals surface area contributed by atoms with E-state index < -0.39 is 4.87 Å². The third-order valence-corrected chi connectivity index (χ3v) is 5.81. The van der Waals surface area contributed by atoms with Crippen LogP contribution in [0.2, 0.25) is 5.02 Å². The molecule has 1 heterocycles. The minimum absolute atomic E-state index is 0.0238. The fourth-order valence-electron chi connectivity index (χ4n) is 3.05. The zero-order chi connectivity index (χ0) is 17.5. The average Bonchev–Trinajstić information content (AvgIpc) is 2.85. The van der Waals surface area contributed by atoms with Gasteiger partial charge in [0.25, 0.3) is 0 Å². The number of rotatable bonds is 3. The average molecular weight is 364 g/mol. The van der Waals surface area contributed by atoms with E-state index >= 15 is 0 Å². The molecule has 3 rings (SSSR count). The molecule has 0 saturated carbocycles. The molecule has 2 aromatic carbocycles. The number of amides is 1. The number of nitrogens with zero attached hydrogens (tertiary/aromatic N) is 1. The van der Waals surface area contributed by atoms with Gasteiger partial charge in [-0.05, 0) is 43.7 Å². The van der Waals surface area contributed by atoms with Crippen molar-refractivity contribution in [3.63, 3.8) is 0 Å². The number of halogens is 1. The quantitative estimate of drug-likeness (QED) is 0.870. The molecule has 0 aromatic heterocycles. The summed E-state index contributed by atoms with van der Waals surface area (Å²) in [5.74, 6) is 0.257. The van der Waals surface area contributed by atoms with Gasteiger partial charge in [0, 0.05) is 21.8 Å². The van der Waals surface area contributed by atoms with Crippen LogP contribution in [0, 0.1) is 6.92 Å². The van der Waals surface area contributed by atoms with E-state index in [-0.39, 0.29) is 18.3 Å². The van der Waals surface area contributed by atoms with Crippen LogP contribution in [0.4, 0.5) is 5.69 Å². The summed E-state index contributed by atoms with van der Waals surface area (Å²) >= 11 is 7.59. The highest BCUT2D eigenvalue weighted by molar-refractivity contribution is 8.01. The zero-order valence-electron chi connectivity index (χ0n) is 13.4. The molecule has 2 aromatic rings. The number of aromatic hydroxyl groups is 1. The normalized spacial score (nSPS) is 20.7. The summed E-state index contributed by atoms with van der Waals surface area (Å²) in [4.78, 5) is 13.5. The molecule has 1 fully saturated rings. The summed E-state index contributed by atoms with van der Waals surface area (Å²) in [5.41, 5.74) is 2.70. The number of aliphatic hydroxyl groups excluding tert-OH is 1. The molecule has 24 heavy (non-hydrogen) atoms. The van der Waals surface area contributed by atoms with Crippen molar-refractivity contribution in [2.75, 3.05) is 10.7 Å². The van der Waals surface area contributed by atoms with Gasteiger partial charge in [-0.3, -0.25) is 9.69 Å². The van der Waals surface area contributed by atoms with Crippen LogP contribution in [0.1, 0.15) is 23.6 Å². The molecule has 0 radical (unpaired) electrons. The number of carbonyl (C=O) groups excluding carboxylic acids is 1. The van der Waals surface area contributed by atoms with Crippen molar-refractivity contribution in [2.45, 2.75) is 25.3 Å². The number of thioether (sulfide) groups is 1. The molecule has 126 valence electrons. The number of hydrogen-bond donors (Lipinski definition) is 2. The number of hydrogen-bond acceptors (Lipinski definition) is 4. The Morgan fingerprint density at radius 2 is 2.08 bits per heavy atom. The van der Waals surface area contributed by atoms with Crippen LogP contribution in [0.15, 0.2) is 36.4 Å². The van der Waals surface area contributed by atoms with Crippen molar-refractivity contribution in [2.24, 2.45) is 0 Å². The summed E-state index contributed by atoms with van der Waals surface area (Å²) in [6, 6.07) is 10.9. The lowest BCUT2D eigenvalue weighted by Gasteiger charge is -2.35. The van der Waals surface area contributed by atoms with E-state index in [0.29, 0.717) is 21.9 Å². The molecule has 1 amide bonds. The second-order valence-electron chi connectivity index (χ2n) is 5.96. The van der Waals surface area contributed by atoms with Gasteiger partial charge in [-0.15, -0.1) is 11.8 Å². The molecule has 1 atom stereocenters. The summed E-state index contributed by atoms with van der Waals surface area (Å²) < 4.78 is 0. The van der Waals surface area contributed by atoms with Crippen LogP contribution in [-0.4, -0.2) is 21.9 Å². The molecule has 1 saturated heterocycles. The van der Waals surface area contributed by atoms with Gasteiger partial charge in [0.05, 0.1) is 12.4 Å². The Bertz CT molecular complexity index is 811. The lowest BCUT2D eigenvalue weighted by molar-refractivity contribution is -0.116. The summed E-state index contributed by atoms with van der Waals surface area (Å²) in [6.45, 7) is 3.53. The molecule has 1 aliphatic heterocycles. The van der Waals surface area contributed by atoms with Gasteiger partial charge in [0.15, 0.2) is 0 Å². The van der Waals surface area contributed by atoms with Gasteiger partial charge >= 0.3 is 0 Å². The maximum absolute atomic E-state index is 12.6. The van der Waals surface area contributed by atoms with E-state index in [0.717, 1.165) is 11.3 Å². The molecule has 6 heteroatoms. The first-order chi connectivity index (χ1) is 11.4. The third kappa shape index (κ3) is 2.77. The van der Waals surface area contributed by atoms with Gasteiger partial charge in [-0.2, -0.15) is 0 Å². The Morgan fingerprint density at radius 1 is 1.33 bits per heavy atom. The van der Waals surface area contributed by atoms with Crippen LogP contribution >= 0.6 is 23.4 Å². The Morgan fingerprint density at radius 3 is 2.75 bits per heavy atom. The fraction of sp³-hybridized carbons (Fsp3) is 0.278. The lowest BCUT2D eigenvalue weighted by Crippen LogP contribution is -2.40. The van der Waals surface area contributed by atoms with Crippen LogP contribution in [0.25, 0.3) is 0 Å². The first-order valence-corrected chi connectivity index (χ1v) is 8.89. The smallest absolute Gasteiger partial charge is 0.238 e. The molecule has 0 bridgehead atoms. The van der Waals surface area contributed by atoms with Crippen molar-refractivity contribution in [3.05, 3.63) is 58.1 Å². The largest absolute Gasteiger partial charge is 0.507 e. The maximum atomic E-state index is 12.6. The first kappa shape index (κ1) is 17.1. The van der Waals surface area contributed by atoms with E-state index in [4.69, 9.17) is 11.6 Å². The lowest BCUT2D eigenvalue weighted by atomic mass is 10.0. The summed E-state index contributed by atoms with van der Waals surface area (Å²) in [6.07, 6.45) is 0. The number of phenols is 1. The minimum Gasteiger partial charge on any atom is -0.507 e. The van der Waals surface area contributed by atoms with Crippen molar-refractivity contribution < 1.29 is 15.0 Å². The predicted octanol–water partition coefficient (Wildman–Crippen LogP) is 3.80. The van der Waals surface area contributed by atoms with Crippen molar-refractivity contribution in [3.8, 4) is 5.75 Å². The predicted molar refractivity (Wildman–Crippen MR) is 97.5 cm³/mol. The van der Waals surface area contributed by atoms with Gasteiger partial charge in [0.1, 0.15) is 10.6 Å². The highest BCUT2D eigenvalue weighted by atomic mass is 35.5. The summed E-state index contributed by atoms with van der Waals surface area (Å²) in [7, 11) is 0. The minimum atomic E-state index is -0.802. The molecule has 0 spiro atoms. The highest BCUT2D eigenvalue weighted by Gasteiger charge is 2.46. The monoisotopic (exact) mass is 363 g/mol. The molecule has 1 aliphatic rings. The van der Waals surface area contributed by atoms with E-state index in [1.54, 1.807) is 11.0 Å². The SMILES string of the molecule is Cc1cccc(N2C(=O)CSC2(C)c2cc(Cl)cc(CO)c2O)c1. The van der Waals surface area contributed by atoms with Crippen LogP contribution in [0.3, 0.4) is 0 Å². The van der Waals surface area contributed by atoms with E-state index in [2.05, 4.69) is 0 Å². The second kappa shape index (κ2) is 6.31. The Hall–Kier alpha value is -1.69. The molecule has 1 unspecified atom stereocenters. The number of anilines is 1. The van der Waals surface area contributed by atoms with Crippen molar-refractivity contribution in [1.82, 2.24) is 0 Å². The standard InChI is InChI=1S/C18H18ClNO3S/c1-11-4-3-5-14(6-11)20-16(22)10-24-18(20,2)15-8-13(19)7-12(9-21)17(15)23/h3-8,21,23H,9-10H2,1-2H3. The van der Waals surface area contributed by atoms with Crippen LogP contribution < -0.4 is 4.90 Å². The molecular formula is C18H18ClNO3S. The maximum Gasteiger partial charge on any atom is 0.238 e. The Labute approximate surface area is 150 Å². The highest BCUT2D eigenvalue weighted by Crippen LogP contribution is 2.51. The van der Waals surface area contributed by atoms with Gasteiger partial charge in [-0.1, -0.05) is 23.7 Å². The van der Waals surface area contributed by atoms with Crippen LogP contribution in [0.5, 0.6) is 5.75 Å². The van der Waals surface area contributed by atoms with Gasteiger partial charge < -0.3 is 10.2 Å². The summed E-state index contributed by atoms with van der Waals surface area (Å²) in [5, 5.41) is 20.4. The van der Waals surface area contributed by atoms with Gasteiger partial charge in [-0.25, -0.2) is 0 Å². The molecule has 4 nitrogen and oxygen atoms in total. The van der Waals surface area contributed by atoms with Crippen molar-refractivity contribution in [1.29, 1.82) is 0 Å². The molecule has 2 N–H and O–H groups in total. The first-order valence-electron chi connectivity index (χ1n) is 7.53. The Balaban J connectivity index is 2.18. The molecule has 0 aliphatic carbocycles. The van der Waals surface area contributed by atoms with E-state index in [9.17, 15) is 15.0 Å². The van der Waals surface area contributed by atoms with E-state index in [1.165, 1.54) is 17.8 Å². The third-order valence-electron chi connectivity index (χ3n) is 4.24. The van der Waals surface area contributed by atoms with Crippen molar-refractivity contribution >= 4 is 35.0 Å². The zero-order valence-corrected chi connectivity index (χ0v) is 15.0. The number of carbonyl (C=O) groups is 1. The topological polar surface area (TPSA) is 60.8 Å². The fourth-order valence-corrected chi connectivity index (χ4v) is 4.48. The second-order valence-corrected chi connectivity index (χ2v) is 7.77. The number of aryl methyl sites for hydroxylation is 1. The molecular weight excluding hydrogens is 346 g/mol. The van der Waals surface area contributed by atoms with Gasteiger partial charge in [0.2, 0.25) is 5.91 Å². The number of benzene rings is 2. The Kier molecular flexibility index (Phi) is 4.51. The number of aliphatic hydroxyl groups is 1.